The lowest BCUT2D eigenvalue weighted by molar-refractivity contribution is -0.115. The maximum absolute atomic E-state index is 12.4. The van der Waals surface area contributed by atoms with Gasteiger partial charge in [0, 0.05) is 11.1 Å². The first kappa shape index (κ1) is 18.4. The van der Waals surface area contributed by atoms with E-state index >= 15 is 0 Å². The third kappa shape index (κ3) is 3.60. The van der Waals surface area contributed by atoms with Crippen LogP contribution >= 0.6 is 0 Å². The van der Waals surface area contributed by atoms with Gasteiger partial charge in [0.15, 0.2) is 0 Å². The van der Waals surface area contributed by atoms with Gasteiger partial charge in [0.2, 0.25) is 5.91 Å². The van der Waals surface area contributed by atoms with Crippen LogP contribution in [0.25, 0.3) is 16.8 Å². The van der Waals surface area contributed by atoms with Crippen LogP contribution in [-0.4, -0.2) is 5.91 Å². The second-order valence-electron chi connectivity index (χ2n) is 5.86. The van der Waals surface area contributed by atoms with Gasteiger partial charge in [-0.1, -0.05) is 66.7 Å². The van der Waals surface area contributed by atoms with Crippen LogP contribution in [0.1, 0.15) is 16.7 Å². The monoisotopic (exact) mass is 333 g/mol. The lowest BCUT2D eigenvalue weighted by Gasteiger charge is -2.16. The Morgan fingerprint density at radius 3 is 2.52 bits per heavy atom. The van der Waals surface area contributed by atoms with E-state index in [-0.39, 0.29) is 18.2 Å². The quantitative estimate of drug-likeness (QED) is 0.634. The largest absolute Gasteiger partial charge is 0.344 e. The SMILES string of the molecule is N.N.O=C(Cc1ccccc1)Nc1ccc2c3c(cccc13)C=CC2. The zero-order valence-corrected chi connectivity index (χ0v) is 14.2. The molecule has 0 aromatic heterocycles. The number of amides is 1. The van der Waals surface area contributed by atoms with E-state index in [1.807, 2.05) is 42.5 Å². The van der Waals surface area contributed by atoms with Crippen molar-refractivity contribution < 1.29 is 4.79 Å². The van der Waals surface area contributed by atoms with Crippen LogP contribution in [0.4, 0.5) is 5.69 Å². The Labute approximate surface area is 147 Å². The number of nitrogens with one attached hydrogen (secondary N) is 1. The predicted octanol–water partition coefficient (Wildman–Crippen LogP) is 4.91. The summed E-state index contributed by atoms with van der Waals surface area (Å²) >= 11 is 0. The van der Waals surface area contributed by atoms with Crippen molar-refractivity contribution in [3.63, 3.8) is 0 Å². The molecule has 1 aliphatic rings. The molecule has 0 unspecified atom stereocenters. The molecule has 0 aliphatic heterocycles. The molecule has 0 fully saturated rings. The van der Waals surface area contributed by atoms with Gasteiger partial charge in [-0.15, -0.1) is 0 Å². The normalized spacial score (nSPS) is 11.4. The van der Waals surface area contributed by atoms with Crippen LogP contribution in [0.15, 0.2) is 66.7 Å². The lowest BCUT2D eigenvalue weighted by Crippen LogP contribution is -2.14. The highest BCUT2D eigenvalue weighted by Gasteiger charge is 2.12. The average Bonchev–Trinajstić information content (AvgIpc) is 2.58. The number of carbonyl (C=O) groups excluding carboxylic acids is 1. The lowest BCUT2D eigenvalue weighted by atomic mass is 9.92. The Morgan fingerprint density at radius 2 is 1.72 bits per heavy atom. The zero-order chi connectivity index (χ0) is 15.6. The molecule has 4 rings (SSSR count). The van der Waals surface area contributed by atoms with Gasteiger partial charge in [-0.2, -0.15) is 0 Å². The minimum atomic E-state index is 0. The summed E-state index contributed by atoms with van der Waals surface area (Å²) in [5, 5.41) is 5.45. The molecule has 0 bridgehead atoms. The van der Waals surface area contributed by atoms with E-state index in [4.69, 9.17) is 0 Å². The first-order valence-corrected chi connectivity index (χ1v) is 7.86. The van der Waals surface area contributed by atoms with E-state index in [1.165, 1.54) is 16.5 Å². The van der Waals surface area contributed by atoms with E-state index in [0.717, 1.165) is 23.1 Å². The standard InChI is InChI=1S/C21H17NO.2H3N/c23-20(14-15-6-2-1-3-7-15)22-19-13-12-17-9-4-8-16-10-5-11-18(19)21(16)17;;/h1-8,10-13H,9,14H2,(H,22,23);2*1H3. The molecule has 0 spiro atoms. The van der Waals surface area contributed by atoms with Gasteiger partial charge in [0.05, 0.1) is 6.42 Å². The number of carbonyl (C=O) groups is 1. The highest BCUT2D eigenvalue weighted by molar-refractivity contribution is 6.06. The first-order chi connectivity index (χ1) is 11.3. The number of anilines is 1. The molecule has 0 atom stereocenters. The van der Waals surface area contributed by atoms with Crippen LogP contribution in [0.3, 0.4) is 0 Å². The van der Waals surface area contributed by atoms with Crippen LogP contribution < -0.4 is 17.6 Å². The maximum atomic E-state index is 12.4. The van der Waals surface area contributed by atoms with Gasteiger partial charge in [0.25, 0.3) is 0 Å². The van der Waals surface area contributed by atoms with Crippen LogP contribution in [0, 0.1) is 0 Å². The Balaban J connectivity index is 0.00000113. The van der Waals surface area contributed by atoms with Crippen molar-refractivity contribution in [1.82, 2.24) is 12.3 Å². The molecule has 1 amide bonds. The van der Waals surface area contributed by atoms with Crippen molar-refractivity contribution >= 4 is 28.4 Å². The number of hydrogen-bond donors (Lipinski definition) is 3. The molecule has 0 saturated carbocycles. The summed E-state index contributed by atoms with van der Waals surface area (Å²) in [4.78, 5) is 12.4. The summed E-state index contributed by atoms with van der Waals surface area (Å²) in [5.41, 5.74) is 4.46. The highest BCUT2D eigenvalue weighted by atomic mass is 16.1. The number of allylic oxidation sites excluding steroid dienone is 1. The summed E-state index contributed by atoms with van der Waals surface area (Å²) in [7, 11) is 0. The van der Waals surface area contributed by atoms with Gasteiger partial charge >= 0.3 is 0 Å². The summed E-state index contributed by atoms with van der Waals surface area (Å²) in [5.74, 6) is 0.0169. The molecular formula is C21H23N3O. The van der Waals surface area contributed by atoms with E-state index in [0.29, 0.717) is 6.42 Å². The summed E-state index contributed by atoms with van der Waals surface area (Å²) < 4.78 is 0. The molecule has 0 saturated heterocycles. The number of benzene rings is 3. The van der Waals surface area contributed by atoms with Crippen molar-refractivity contribution in [2.75, 3.05) is 5.32 Å². The molecule has 0 radical (unpaired) electrons. The Bertz CT molecular complexity index is 917. The molecular weight excluding hydrogens is 310 g/mol. The second-order valence-corrected chi connectivity index (χ2v) is 5.86. The van der Waals surface area contributed by atoms with E-state index in [2.05, 4.69) is 35.7 Å². The Morgan fingerprint density at radius 1 is 0.920 bits per heavy atom. The Kier molecular flexibility index (Phi) is 5.70. The second kappa shape index (κ2) is 7.75. The number of hydrogen-bond acceptors (Lipinski definition) is 3. The fourth-order valence-corrected chi connectivity index (χ4v) is 3.22. The molecule has 128 valence electrons. The third-order valence-electron chi connectivity index (χ3n) is 4.28. The van der Waals surface area contributed by atoms with E-state index < -0.39 is 0 Å². The van der Waals surface area contributed by atoms with Gasteiger partial charge in [-0.3, -0.25) is 4.79 Å². The predicted molar refractivity (Wildman–Crippen MR) is 106 cm³/mol. The molecule has 1 aliphatic carbocycles. The summed E-state index contributed by atoms with van der Waals surface area (Å²) in [6, 6.07) is 20.2. The maximum Gasteiger partial charge on any atom is 0.228 e. The van der Waals surface area contributed by atoms with Crippen molar-refractivity contribution in [3.8, 4) is 0 Å². The van der Waals surface area contributed by atoms with Crippen LogP contribution in [0.5, 0.6) is 0 Å². The highest BCUT2D eigenvalue weighted by Crippen LogP contribution is 2.33. The van der Waals surface area contributed by atoms with Gasteiger partial charge < -0.3 is 17.6 Å². The minimum absolute atomic E-state index is 0. The third-order valence-corrected chi connectivity index (χ3v) is 4.28. The summed E-state index contributed by atoms with van der Waals surface area (Å²) in [6.07, 6.45) is 5.69. The van der Waals surface area contributed by atoms with Gasteiger partial charge in [-0.05, 0) is 34.6 Å². The van der Waals surface area contributed by atoms with E-state index in [1.54, 1.807) is 0 Å². The van der Waals surface area contributed by atoms with Crippen molar-refractivity contribution in [1.29, 1.82) is 0 Å². The van der Waals surface area contributed by atoms with Crippen LogP contribution in [0.2, 0.25) is 0 Å². The van der Waals surface area contributed by atoms with Crippen molar-refractivity contribution in [3.05, 3.63) is 83.4 Å². The fourth-order valence-electron chi connectivity index (χ4n) is 3.22. The fraction of sp³-hybridized carbons (Fsp3) is 0.0952. The molecule has 4 nitrogen and oxygen atoms in total. The van der Waals surface area contributed by atoms with Crippen molar-refractivity contribution in [2.45, 2.75) is 12.8 Å². The molecule has 3 aromatic carbocycles. The zero-order valence-electron chi connectivity index (χ0n) is 14.2. The minimum Gasteiger partial charge on any atom is -0.344 e. The van der Waals surface area contributed by atoms with Crippen LogP contribution in [-0.2, 0) is 17.6 Å². The Hall–Kier alpha value is -2.95. The molecule has 7 N–H and O–H groups in total. The molecule has 0 heterocycles. The first-order valence-electron chi connectivity index (χ1n) is 7.86. The van der Waals surface area contributed by atoms with Gasteiger partial charge in [0.1, 0.15) is 0 Å². The van der Waals surface area contributed by atoms with E-state index in [9.17, 15) is 4.79 Å². The molecule has 4 heteroatoms. The average molecular weight is 333 g/mol. The molecule has 3 aromatic rings. The smallest absolute Gasteiger partial charge is 0.228 e. The van der Waals surface area contributed by atoms with Gasteiger partial charge in [-0.25, -0.2) is 0 Å². The summed E-state index contributed by atoms with van der Waals surface area (Å²) in [6.45, 7) is 0. The number of rotatable bonds is 3. The van der Waals surface area contributed by atoms with Crippen molar-refractivity contribution in [2.24, 2.45) is 0 Å². The topological polar surface area (TPSA) is 99.1 Å². The molecule has 25 heavy (non-hydrogen) atoms.